The van der Waals surface area contributed by atoms with E-state index in [9.17, 15) is 9.59 Å². The number of hydrogen-bond acceptors (Lipinski definition) is 6. The van der Waals surface area contributed by atoms with Gasteiger partial charge in [-0.1, -0.05) is 42.5 Å². The second-order valence-electron chi connectivity index (χ2n) is 9.21. The van der Waals surface area contributed by atoms with Crippen molar-refractivity contribution in [2.45, 2.75) is 39.5 Å². The molecule has 2 amide bonds. The number of anilines is 2. The molecule has 0 fully saturated rings. The van der Waals surface area contributed by atoms with Gasteiger partial charge in [0.25, 0.3) is 6.02 Å². The van der Waals surface area contributed by atoms with Crippen LogP contribution < -0.4 is 15.4 Å². The fourth-order valence-electron chi connectivity index (χ4n) is 4.34. The van der Waals surface area contributed by atoms with Crippen LogP contribution in [0.3, 0.4) is 0 Å². The molecule has 0 saturated carbocycles. The van der Waals surface area contributed by atoms with E-state index in [2.05, 4.69) is 10.6 Å². The summed E-state index contributed by atoms with van der Waals surface area (Å²) in [6, 6.07) is 20.7. The highest BCUT2D eigenvalue weighted by atomic mass is 16.5. The van der Waals surface area contributed by atoms with E-state index in [1.54, 1.807) is 32.0 Å². The number of carbonyl (C=O) groups is 2. The zero-order chi connectivity index (χ0) is 27.8. The Labute approximate surface area is 228 Å². The number of likely N-dealkylation sites (N-methyl/N-ethyl adjacent to an activating group) is 1. The van der Waals surface area contributed by atoms with Crippen LogP contribution in [-0.2, 0) is 33.8 Å². The van der Waals surface area contributed by atoms with Crippen molar-refractivity contribution in [2.75, 3.05) is 31.4 Å². The lowest BCUT2D eigenvalue weighted by Crippen LogP contribution is -2.38. The Morgan fingerprint density at radius 2 is 1.82 bits per heavy atom. The van der Waals surface area contributed by atoms with Crippen molar-refractivity contribution in [1.29, 1.82) is 0 Å². The van der Waals surface area contributed by atoms with Crippen LogP contribution in [-0.4, -0.2) is 49.7 Å². The Balaban J connectivity index is 1.56. The maximum Gasteiger partial charge on any atom is 0.411 e. The Morgan fingerprint density at radius 1 is 1.08 bits per heavy atom. The standard InChI is InChI=1S/C30H34N4O5/c1-5-38-30(36)33-25-15-16-26-24(20(25)2)19-39-29(31-26)32-27(17-21-11-13-23(37-4)14-12-21)28(35)34(3)18-22-9-7-6-8-10-22/h6-16,27H,5,17-19H2,1-4H3,(H,31,32)(H,33,36)/t27-/m0/s1. The average molecular weight is 531 g/mol. The number of amides is 2. The van der Waals surface area contributed by atoms with Gasteiger partial charge in [-0.2, -0.15) is 0 Å². The molecule has 204 valence electrons. The van der Waals surface area contributed by atoms with Crippen molar-refractivity contribution in [3.8, 4) is 5.75 Å². The predicted molar refractivity (Wildman–Crippen MR) is 151 cm³/mol. The quantitative estimate of drug-likeness (QED) is 0.397. The van der Waals surface area contributed by atoms with Crippen molar-refractivity contribution in [3.63, 3.8) is 0 Å². The molecule has 0 unspecified atom stereocenters. The van der Waals surface area contributed by atoms with Gasteiger partial charge in [-0.25, -0.2) is 9.79 Å². The van der Waals surface area contributed by atoms with Crippen LogP contribution in [0.25, 0.3) is 0 Å². The molecule has 0 aromatic heterocycles. The Morgan fingerprint density at radius 3 is 2.51 bits per heavy atom. The predicted octanol–water partition coefficient (Wildman–Crippen LogP) is 5.14. The van der Waals surface area contributed by atoms with Crippen LogP contribution in [0.15, 0.2) is 71.7 Å². The SMILES string of the molecule is CCOC(=O)Nc1ccc2c(c1C)COC(=N[C@@H](Cc1ccc(OC)cc1)C(=O)N(C)Cc1ccccc1)N2. The van der Waals surface area contributed by atoms with Gasteiger partial charge in [0.15, 0.2) is 0 Å². The minimum atomic E-state index is -0.706. The molecule has 0 aliphatic carbocycles. The van der Waals surface area contributed by atoms with Gasteiger partial charge < -0.3 is 24.4 Å². The molecular weight excluding hydrogens is 496 g/mol. The number of amidine groups is 1. The van der Waals surface area contributed by atoms with E-state index in [1.165, 1.54) is 0 Å². The maximum absolute atomic E-state index is 13.6. The topological polar surface area (TPSA) is 101 Å². The van der Waals surface area contributed by atoms with Crippen molar-refractivity contribution >= 4 is 29.4 Å². The number of fused-ring (bicyclic) bond motifs is 1. The van der Waals surface area contributed by atoms with Gasteiger partial charge in [0.1, 0.15) is 18.4 Å². The monoisotopic (exact) mass is 530 g/mol. The van der Waals surface area contributed by atoms with Gasteiger partial charge in [-0.15, -0.1) is 0 Å². The van der Waals surface area contributed by atoms with E-state index in [4.69, 9.17) is 19.2 Å². The van der Waals surface area contributed by atoms with Gasteiger partial charge in [-0.05, 0) is 54.8 Å². The summed E-state index contributed by atoms with van der Waals surface area (Å²) in [4.78, 5) is 31.9. The van der Waals surface area contributed by atoms with Crippen LogP contribution in [0.4, 0.5) is 16.2 Å². The molecule has 0 radical (unpaired) electrons. The lowest BCUT2D eigenvalue weighted by Gasteiger charge is -2.26. The fraction of sp³-hybridized carbons (Fsp3) is 0.300. The van der Waals surface area contributed by atoms with Gasteiger partial charge in [0.05, 0.1) is 13.7 Å². The Bertz CT molecular complexity index is 1330. The third-order valence-corrected chi connectivity index (χ3v) is 6.49. The fourth-order valence-corrected chi connectivity index (χ4v) is 4.34. The summed E-state index contributed by atoms with van der Waals surface area (Å²) in [5.74, 6) is 0.624. The van der Waals surface area contributed by atoms with Gasteiger partial charge >= 0.3 is 6.09 Å². The third-order valence-electron chi connectivity index (χ3n) is 6.49. The Hall–Kier alpha value is -4.53. The van der Waals surface area contributed by atoms with Crippen LogP contribution in [0.1, 0.15) is 29.2 Å². The highest BCUT2D eigenvalue weighted by molar-refractivity contribution is 5.95. The third kappa shape index (κ3) is 7.07. The molecule has 39 heavy (non-hydrogen) atoms. The first-order valence-corrected chi connectivity index (χ1v) is 12.8. The van der Waals surface area contributed by atoms with Crippen LogP contribution in [0, 0.1) is 6.92 Å². The molecule has 1 heterocycles. The van der Waals surface area contributed by atoms with Crippen molar-refractivity contribution in [1.82, 2.24) is 4.90 Å². The molecule has 2 N–H and O–H groups in total. The first kappa shape index (κ1) is 27.5. The summed E-state index contributed by atoms with van der Waals surface area (Å²) in [6.07, 6.45) is -0.114. The first-order chi connectivity index (χ1) is 18.9. The lowest BCUT2D eigenvalue weighted by molar-refractivity contribution is -0.131. The summed E-state index contributed by atoms with van der Waals surface area (Å²) in [5.41, 5.74) is 5.19. The number of carbonyl (C=O) groups excluding carboxylic acids is 2. The number of hydrogen-bond donors (Lipinski definition) is 2. The number of rotatable bonds is 9. The number of methoxy groups -OCH3 is 1. The minimum absolute atomic E-state index is 0.122. The summed E-state index contributed by atoms with van der Waals surface area (Å²) in [6.45, 7) is 4.66. The molecule has 0 saturated heterocycles. The number of benzene rings is 3. The molecule has 4 rings (SSSR count). The van der Waals surface area contributed by atoms with E-state index >= 15 is 0 Å². The number of ether oxygens (including phenoxy) is 3. The lowest BCUT2D eigenvalue weighted by atomic mass is 10.0. The zero-order valence-electron chi connectivity index (χ0n) is 22.7. The smallest absolute Gasteiger partial charge is 0.411 e. The molecule has 1 atom stereocenters. The van der Waals surface area contributed by atoms with Gasteiger partial charge in [-0.3, -0.25) is 10.1 Å². The summed E-state index contributed by atoms with van der Waals surface area (Å²) in [7, 11) is 3.40. The molecule has 9 heteroatoms. The molecule has 1 aliphatic heterocycles. The minimum Gasteiger partial charge on any atom is -0.497 e. The second kappa shape index (κ2) is 12.8. The highest BCUT2D eigenvalue weighted by Crippen LogP contribution is 2.30. The normalized spacial score (nSPS) is 13.9. The molecule has 3 aromatic rings. The maximum atomic E-state index is 13.6. The van der Waals surface area contributed by atoms with Crippen molar-refractivity contribution < 1.29 is 23.8 Å². The van der Waals surface area contributed by atoms with E-state index < -0.39 is 12.1 Å². The van der Waals surface area contributed by atoms with E-state index in [0.29, 0.717) is 18.7 Å². The average Bonchev–Trinajstić information content (AvgIpc) is 2.95. The molecule has 3 aromatic carbocycles. The Kier molecular flexibility index (Phi) is 9.04. The van der Waals surface area contributed by atoms with E-state index in [-0.39, 0.29) is 25.1 Å². The van der Waals surface area contributed by atoms with Crippen LogP contribution in [0.2, 0.25) is 0 Å². The number of aliphatic imine (C=N–C) groups is 1. The van der Waals surface area contributed by atoms with Gasteiger partial charge in [0, 0.05) is 37.0 Å². The summed E-state index contributed by atoms with van der Waals surface area (Å²) in [5, 5.41) is 5.97. The summed E-state index contributed by atoms with van der Waals surface area (Å²) >= 11 is 0. The van der Waals surface area contributed by atoms with E-state index in [1.807, 2.05) is 67.6 Å². The van der Waals surface area contributed by atoms with Crippen molar-refractivity contribution in [2.24, 2.45) is 4.99 Å². The molecule has 0 bridgehead atoms. The zero-order valence-corrected chi connectivity index (χ0v) is 22.7. The van der Waals surface area contributed by atoms with Crippen LogP contribution in [0.5, 0.6) is 5.75 Å². The highest BCUT2D eigenvalue weighted by Gasteiger charge is 2.26. The molecule has 1 aliphatic rings. The summed E-state index contributed by atoms with van der Waals surface area (Å²) < 4.78 is 16.2. The molecule has 9 nitrogen and oxygen atoms in total. The van der Waals surface area contributed by atoms with Crippen LogP contribution >= 0.6 is 0 Å². The van der Waals surface area contributed by atoms with Gasteiger partial charge in [0.2, 0.25) is 5.91 Å². The second-order valence-corrected chi connectivity index (χ2v) is 9.21. The van der Waals surface area contributed by atoms with Crippen molar-refractivity contribution in [3.05, 3.63) is 89.0 Å². The first-order valence-electron chi connectivity index (χ1n) is 12.8. The number of nitrogens with one attached hydrogen (secondary N) is 2. The molecule has 0 spiro atoms. The van der Waals surface area contributed by atoms with E-state index in [0.717, 1.165) is 33.7 Å². The largest absolute Gasteiger partial charge is 0.497 e. The number of nitrogens with zero attached hydrogens (tertiary/aromatic N) is 2. The molecular formula is C30H34N4O5.